The summed E-state index contributed by atoms with van der Waals surface area (Å²) in [6.45, 7) is -0.175. The van der Waals surface area contributed by atoms with Crippen LogP contribution in [0.2, 0.25) is 0 Å². The van der Waals surface area contributed by atoms with Crippen molar-refractivity contribution >= 4 is 5.97 Å². The molecule has 3 rings (SSSR count). The Morgan fingerprint density at radius 1 is 1.16 bits per heavy atom. The molecule has 0 aliphatic carbocycles. The largest absolute Gasteiger partial charge is 0.455 e. The third kappa shape index (κ3) is 3.70. The summed E-state index contributed by atoms with van der Waals surface area (Å²) in [5.41, 5.74) is 1.05. The molecule has 0 N–H and O–H groups in total. The molecule has 0 atom stereocenters. The van der Waals surface area contributed by atoms with Crippen LogP contribution in [0.3, 0.4) is 0 Å². The number of benzene rings is 2. The molecule has 5 nitrogen and oxygen atoms in total. The van der Waals surface area contributed by atoms with E-state index >= 15 is 0 Å². The molecule has 0 radical (unpaired) electrons. The monoisotopic (exact) mass is 340 g/mol. The fourth-order valence-electron chi connectivity index (χ4n) is 2.10. The van der Waals surface area contributed by atoms with Gasteiger partial charge in [-0.2, -0.15) is 5.26 Å². The van der Waals surface area contributed by atoms with Crippen LogP contribution in [0.15, 0.2) is 53.1 Å². The molecular formula is C18H10F2N2O3. The third-order valence-corrected chi connectivity index (χ3v) is 3.36. The molecule has 0 spiro atoms. The van der Waals surface area contributed by atoms with Crippen LogP contribution in [0.25, 0.3) is 11.3 Å². The van der Waals surface area contributed by atoms with Crippen molar-refractivity contribution in [2.24, 2.45) is 0 Å². The fraction of sp³-hybridized carbons (Fsp3) is 0.0556. The minimum atomic E-state index is -0.780. The first-order valence-corrected chi connectivity index (χ1v) is 7.15. The van der Waals surface area contributed by atoms with E-state index in [-0.39, 0.29) is 29.2 Å². The Morgan fingerprint density at radius 2 is 1.92 bits per heavy atom. The van der Waals surface area contributed by atoms with Crippen LogP contribution in [0.4, 0.5) is 8.78 Å². The maximum absolute atomic E-state index is 13.7. The highest BCUT2D eigenvalue weighted by molar-refractivity contribution is 5.89. The van der Waals surface area contributed by atoms with Crippen LogP contribution in [0.5, 0.6) is 0 Å². The lowest BCUT2D eigenvalue weighted by Crippen LogP contribution is -2.05. The number of carbonyl (C=O) groups is 1. The fourth-order valence-corrected chi connectivity index (χ4v) is 2.10. The van der Waals surface area contributed by atoms with Gasteiger partial charge in [-0.15, -0.1) is 0 Å². The van der Waals surface area contributed by atoms with Crippen LogP contribution in [-0.2, 0) is 11.3 Å². The van der Waals surface area contributed by atoms with Gasteiger partial charge in [-0.25, -0.2) is 13.6 Å². The van der Waals surface area contributed by atoms with E-state index in [9.17, 15) is 13.6 Å². The molecule has 0 fully saturated rings. The molecule has 0 aliphatic heterocycles. The van der Waals surface area contributed by atoms with E-state index in [4.69, 9.17) is 14.5 Å². The minimum absolute atomic E-state index is 0.0542. The van der Waals surface area contributed by atoms with Crippen LogP contribution in [0, 0.1) is 23.0 Å². The van der Waals surface area contributed by atoms with Crippen LogP contribution >= 0.6 is 0 Å². The second-order valence-corrected chi connectivity index (χ2v) is 5.07. The van der Waals surface area contributed by atoms with Crippen molar-refractivity contribution in [2.75, 3.05) is 0 Å². The van der Waals surface area contributed by atoms with Gasteiger partial charge < -0.3 is 9.26 Å². The predicted molar refractivity (Wildman–Crippen MR) is 82.1 cm³/mol. The molecule has 0 saturated carbocycles. The summed E-state index contributed by atoms with van der Waals surface area (Å²) in [6.07, 6.45) is 0. The zero-order chi connectivity index (χ0) is 17.8. The molecule has 0 aliphatic rings. The summed E-state index contributed by atoms with van der Waals surface area (Å²) in [5, 5.41) is 12.4. The highest BCUT2D eigenvalue weighted by Crippen LogP contribution is 2.24. The lowest BCUT2D eigenvalue weighted by atomic mass is 10.1. The van der Waals surface area contributed by atoms with Crippen molar-refractivity contribution in [2.45, 2.75) is 6.61 Å². The van der Waals surface area contributed by atoms with Crippen LogP contribution in [-0.4, -0.2) is 11.1 Å². The quantitative estimate of drug-likeness (QED) is 0.674. The smallest absolute Gasteiger partial charge is 0.338 e. The van der Waals surface area contributed by atoms with E-state index in [1.54, 1.807) is 0 Å². The normalized spacial score (nSPS) is 10.3. The molecule has 0 unspecified atom stereocenters. The number of carbonyl (C=O) groups excluding carboxylic acids is 1. The summed E-state index contributed by atoms with van der Waals surface area (Å²) >= 11 is 0. The van der Waals surface area contributed by atoms with E-state index < -0.39 is 17.6 Å². The van der Waals surface area contributed by atoms with E-state index in [0.29, 0.717) is 5.56 Å². The number of halogens is 2. The SMILES string of the molecule is N#Cc1ccc(C(=O)OCc2cc(-c3ccc(F)cc3F)on2)cc1. The maximum atomic E-state index is 13.7. The molecule has 25 heavy (non-hydrogen) atoms. The highest BCUT2D eigenvalue weighted by Gasteiger charge is 2.14. The molecule has 0 bridgehead atoms. The van der Waals surface area contributed by atoms with Gasteiger partial charge in [0.25, 0.3) is 0 Å². The summed E-state index contributed by atoms with van der Waals surface area (Å²) in [5.74, 6) is -1.97. The van der Waals surface area contributed by atoms with Crippen molar-refractivity contribution in [1.82, 2.24) is 5.16 Å². The third-order valence-electron chi connectivity index (χ3n) is 3.36. The lowest BCUT2D eigenvalue weighted by molar-refractivity contribution is 0.0464. The van der Waals surface area contributed by atoms with Crippen molar-refractivity contribution in [3.8, 4) is 17.4 Å². The zero-order valence-electron chi connectivity index (χ0n) is 12.7. The molecule has 1 aromatic heterocycles. The summed E-state index contributed by atoms with van der Waals surface area (Å²) in [7, 11) is 0. The number of ether oxygens (including phenoxy) is 1. The van der Waals surface area contributed by atoms with Gasteiger partial charge in [-0.05, 0) is 36.4 Å². The lowest BCUT2D eigenvalue weighted by Gasteiger charge is -2.02. The number of aromatic nitrogens is 1. The molecule has 0 saturated heterocycles. The van der Waals surface area contributed by atoms with Crippen LogP contribution < -0.4 is 0 Å². The second kappa shape index (κ2) is 6.93. The maximum Gasteiger partial charge on any atom is 0.338 e. The Hall–Kier alpha value is -3.53. The van der Waals surface area contributed by atoms with Gasteiger partial charge in [0.15, 0.2) is 5.76 Å². The first kappa shape index (κ1) is 16.3. The molecular weight excluding hydrogens is 330 g/mol. The van der Waals surface area contributed by atoms with E-state index in [2.05, 4.69) is 5.16 Å². The van der Waals surface area contributed by atoms with Gasteiger partial charge in [-0.3, -0.25) is 0 Å². The van der Waals surface area contributed by atoms with Gasteiger partial charge in [0.1, 0.15) is 23.9 Å². The van der Waals surface area contributed by atoms with E-state index in [0.717, 1.165) is 12.1 Å². The molecule has 1 heterocycles. The summed E-state index contributed by atoms with van der Waals surface area (Å²) in [6, 6.07) is 12.4. The van der Waals surface area contributed by atoms with Gasteiger partial charge in [0, 0.05) is 12.1 Å². The average Bonchev–Trinajstić information content (AvgIpc) is 3.08. The molecule has 124 valence electrons. The summed E-state index contributed by atoms with van der Waals surface area (Å²) < 4.78 is 36.7. The average molecular weight is 340 g/mol. The molecule has 7 heteroatoms. The molecule has 2 aromatic carbocycles. The first-order valence-electron chi connectivity index (χ1n) is 7.15. The van der Waals surface area contributed by atoms with E-state index in [1.165, 1.54) is 36.4 Å². The number of nitrogens with zero attached hydrogens (tertiary/aromatic N) is 2. The Balaban J connectivity index is 1.67. The second-order valence-electron chi connectivity index (χ2n) is 5.07. The Kier molecular flexibility index (Phi) is 4.53. The van der Waals surface area contributed by atoms with Crippen molar-refractivity contribution in [3.63, 3.8) is 0 Å². The highest BCUT2D eigenvalue weighted by atomic mass is 19.1. The summed E-state index contributed by atoms with van der Waals surface area (Å²) in [4.78, 5) is 11.9. The standard InChI is InChI=1S/C18H10F2N2O3/c19-13-5-6-15(16(20)7-13)17-8-14(22-25-17)10-24-18(23)12-3-1-11(9-21)2-4-12/h1-8H,10H2. The van der Waals surface area contributed by atoms with Gasteiger partial charge >= 0.3 is 5.97 Å². The topological polar surface area (TPSA) is 76.1 Å². The van der Waals surface area contributed by atoms with E-state index in [1.807, 2.05) is 6.07 Å². The van der Waals surface area contributed by atoms with Crippen LogP contribution in [0.1, 0.15) is 21.6 Å². The molecule has 3 aromatic rings. The Bertz CT molecular complexity index is 959. The Morgan fingerprint density at radius 3 is 2.60 bits per heavy atom. The zero-order valence-corrected chi connectivity index (χ0v) is 12.7. The minimum Gasteiger partial charge on any atom is -0.455 e. The van der Waals surface area contributed by atoms with Gasteiger partial charge in [0.2, 0.25) is 0 Å². The molecule has 0 amide bonds. The number of nitriles is 1. The first-order chi connectivity index (χ1) is 12.1. The number of rotatable bonds is 4. The van der Waals surface area contributed by atoms with Crippen molar-refractivity contribution in [3.05, 3.63) is 77.0 Å². The predicted octanol–water partition coefficient (Wildman–Crippen LogP) is 3.85. The number of hydrogen-bond donors (Lipinski definition) is 0. The number of hydrogen-bond acceptors (Lipinski definition) is 5. The van der Waals surface area contributed by atoms with Crippen molar-refractivity contribution < 1.29 is 22.8 Å². The van der Waals surface area contributed by atoms with Crippen molar-refractivity contribution in [1.29, 1.82) is 5.26 Å². The number of esters is 1. The van der Waals surface area contributed by atoms with Gasteiger partial charge in [0.05, 0.1) is 22.8 Å². The van der Waals surface area contributed by atoms with Gasteiger partial charge in [-0.1, -0.05) is 5.16 Å². The Labute approximate surface area is 141 Å².